The lowest BCUT2D eigenvalue weighted by Gasteiger charge is -2.17. The van der Waals surface area contributed by atoms with Crippen LogP contribution in [-0.2, 0) is 9.53 Å². The van der Waals surface area contributed by atoms with Crippen LogP contribution in [0.4, 0.5) is 10.1 Å². The number of hydrogen-bond donors (Lipinski definition) is 1. The molecule has 2 rings (SSSR count). The first-order valence-corrected chi connectivity index (χ1v) is 6.20. The molecule has 0 bridgehead atoms. The molecule has 0 aliphatic heterocycles. The highest BCUT2D eigenvalue weighted by atomic mass is 79.9. The minimum atomic E-state index is -0.374. The van der Waals surface area contributed by atoms with E-state index in [1.54, 1.807) is 12.1 Å². The summed E-state index contributed by atoms with van der Waals surface area (Å²) < 4.78 is 18.5. The van der Waals surface area contributed by atoms with Crippen molar-refractivity contribution in [3.63, 3.8) is 0 Å². The third-order valence-corrected chi connectivity index (χ3v) is 3.43. The molecule has 1 atom stereocenters. The Morgan fingerprint density at radius 2 is 2.29 bits per heavy atom. The molecule has 3 nitrogen and oxygen atoms in total. The number of benzene rings is 1. The molecule has 0 saturated heterocycles. The monoisotopic (exact) mass is 301 g/mol. The van der Waals surface area contributed by atoms with Crippen LogP contribution in [0.2, 0.25) is 0 Å². The van der Waals surface area contributed by atoms with Gasteiger partial charge in [-0.05, 0) is 52.9 Å². The summed E-state index contributed by atoms with van der Waals surface area (Å²) in [4.78, 5) is 11.6. The average molecular weight is 302 g/mol. The lowest BCUT2D eigenvalue weighted by Crippen LogP contribution is -2.32. The Balaban J connectivity index is 2.11. The van der Waals surface area contributed by atoms with Crippen molar-refractivity contribution >= 4 is 27.6 Å². The molecule has 17 heavy (non-hydrogen) atoms. The molecule has 0 amide bonds. The van der Waals surface area contributed by atoms with E-state index in [4.69, 9.17) is 4.74 Å². The van der Waals surface area contributed by atoms with Crippen LogP contribution >= 0.6 is 15.9 Å². The lowest BCUT2D eigenvalue weighted by molar-refractivity contribution is -0.142. The van der Waals surface area contributed by atoms with Gasteiger partial charge in [-0.25, -0.2) is 9.18 Å². The summed E-state index contributed by atoms with van der Waals surface area (Å²) in [5.74, 6) is -0.348. The molecule has 1 fully saturated rings. The molecule has 5 heteroatoms. The predicted molar refractivity (Wildman–Crippen MR) is 66.3 cm³/mol. The van der Waals surface area contributed by atoms with E-state index in [1.807, 2.05) is 0 Å². The van der Waals surface area contributed by atoms with Gasteiger partial charge in [0.2, 0.25) is 0 Å². The summed E-state index contributed by atoms with van der Waals surface area (Å²) >= 11 is 3.09. The van der Waals surface area contributed by atoms with Gasteiger partial charge in [0.05, 0.1) is 11.6 Å². The van der Waals surface area contributed by atoms with E-state index in [2.05, 4.69) is 21.2 Å². The van der Waals surface area contributed by atoms with Crippen LogP contribution in [0.5, 0.6) is 0 Å². The number of rotatable bonds is 4. The zero-order valence-electron chi connectivity index (χ0n) is 9.37. The molecule has 0 radical (unpaired) electrons. The van der Waals surface area contributed by atoms with Crippen LogP contribution in [-0.4, -0.2) is 19.1 Å². The summed E-state index contributed by atoms with van der Waals surface area (Å²) in [6.07, 6.45) is 2.01. The van der Waals surface area contributed by atoms with Gasteiger partial charge in [-0.2, -0.15) is 0 Å². The average Bonchev–Trinajstić information content (AvgIpc) is 3.13. The maximum absolute atomic E-state index is 13.3. The molecule has 0 heterocycles. The van der Waals surface area contributed by atoms with Gasteiger partial charge >= 0.3 is 5.97 Å². The molecule has 92 valence electrons. The number of carbonyl (C=O) groups is 1. The maximum Gasteiger partial charge on any atom is 0.328 e. The maximum atomic E-state index is 13.3. The predicted octanol–water partition coefficient (Wildman–Crippen LogP) is 2.95. The number of ether oxygens (including phenoxy) is 1. The molecule has 0 spiro atoms. The van der Waals surface area contributed by atoms with E-state index in [-0.39, 0.29) is 17.8 Å². The first kappa shape index (κ1) is 12.4. The fourth-order valence-corrected chi connectivity index (χ4v) is 1.94. The molecule has 1 aliphatic carbocycles. The van der Waals surface area contributed by atoms with E-state index >= 15 is 0 Å². The summed E-state index contributed by atoms with van der Waals surface area (Å²) in [5.41, 5.74) is 0.591. The van der Waals surface area contributed by atoms with Crippen LogP contribution < -0.4 is 5.32 Å². The van der Waals surface area contributed by atoms with Crippen LogP contribution in [0.15, 0.2) is 22.7 Å². The topological polar surface area (TPSA) is 38.3 Å². The fourth-order valence-electron chi connectivity index (χ4n) is 1.69. The molecular formula is C12H13BrFNO2. The summed E-state index contributed by atoms with van der Waals surface area (Å²) in [6, 6.07) is 4.33. The zero-order chi connectivity index (χ0) is 12.4. The van der Waals surface area contributed by atoms with Crippen molar-refractivity contribution in [1.29, 1.82) is 0 Å². The molecule has 0 aromatic heterocycles. The third kappa shape index (κ3) is 2.97. The van der Waals surface area contributed by atoms with Gasteiger partial charge < -0.3 is 10.1 Å². The van der Waals surface area contributed by atoms with E-state index in [1.165, 1.54) is 13.2 Å². The van der Waals surface area contributed by atoms with Gasteiger partial charge in [0.25, 0.3) is 0 Å². The number of nitrogens with one attached hydrogen (secondary N) is 1. The lowest BCUT2D eigenvalue weighted by atomic mass is 10.1. The molecule has 1 aromatic carbocycles. The van der Waals surface area contributed by atoms with Gasteiger partial charge in [-0.1, -0.05) is 0 Å². The SMILES string of the molecule is COC(=O)C(Nc1ccc(Br)c(F)c1)C1CC1. The summed E-state index contributed by atoms with van der Waals surface area (Å²) in [6.45, 7) is 0. The van der Waals surface area contributed by atoms with E-state index < -0.39 is 0 Å². The second-order valence-corrected chi connectivity index (χ2v) is 4.97. The standard InChI is InChI=1S/C12H13BrFNO2/c1-17-12(16)11(7-2-3-7)15-8-4-5-9(13)10(14)6-8/h4-7,11,15H,2-3H2,1H3. The highest BCUT2D eigenvalue weighted by Gasteiger charge is 2.37. The highest BCUT2D eigenvalue weighted by molar-refractivity contribution is 9.10. The van der Waals surface area contributed by atoms with Crippen molar-refractivity contribution in [3.05, 3.63) is 28.5 Å². The van der Waals surface area contributed by atoms with E-state index in [0.717, 1.165) is 12.8 Å². The molecule has 1 aromatic rings. The number of halogens is 2. The molecule has 1 unspecified atom stereocenters. The van der Waals surface area contributed by atoms with Crippen LogP contribution in [0.1, 0.15) is 12.8 Å². The zero-order valence-corrected chi connectivity index (χ0v) is 11.0. The quantitative estimate of drug-likeness (QED) is 0.869. The Kier molecular flexibility index (Phi) is 3.66. The largest absolute Gasteiger partial charge is 0.467 e. The fraction of sp³-hybridized carbons (Fsp3) is 0.417. The summed E-state index contributed by atoms with van der Waals surface area (Å²) in [7, 11) is 1.36. The number of esters is 1. The Morgan fingerprint density at radius 3 is 2.82 bits per heavy atom. The van der Waals surface area contributed by atoms with Crippen LogP contribution in [0, 0.1) is 11.7 Å². The van der Waals surface area contributed by atoms with Gasteiger partial charge in [0.1, 0.15) is 11.9 Å². The van der Waals surface area contributed by atoms with Crippen LogP contribution in [0.3, 0.4) is 0 Å². The number of carbonyl (C=O) groups excluding carboxylic acids is 1. The third-order valence-electron chi connectivity index (χ3n) is 2.79. The molecule has 1 N–H and O–H groups in total. The van der Waals surface area contributed by atoms with Crippen molar-refractivity contribution in [3.8, 4) is 0 Å². The van der Waals surface area contributed by atoms with Gasteiger partial charge in [0, 0.05) is 5.69 Å². The van der Waals surface area contributed by atoms with Gasteiger partial charge in [-0.15, -0.1) is 0 Å². The van der Waals surface area contributed by atoms with Crippen molar-refractivity contribution in [2.24, 2.45) is 5.92 Å². The number of anilines is 1. The van der Waals surface area contributed by atoms with E-state index in [0.29, 0.717) is 16.1 Å². The minimum absolute atomic E-state index is 0.296. The van der Waals surface area contributed by atoms with Gasteiger partial charge in [-0.3, -0.25) is 0 Å². The normalized spacial score (nSPS) is 16.4. The second kappa shape index (κ2) is 5.04. The van der Waals surface area contributed by atoms with Crippen LogP contribution in [0.25, 0.3) is 0 Å². The Morgan fingerprint density at radius 1 is 1.59 bits per heavy atom. The van der Waals surface area contributed by atoms with Gasteiger partial charge in [0.15, 0.2) is 0 Å². The first-order chi connectivity index (χ1) is 8.11. The Bertz CT molecular complexity index is 435. The molecular weight excluding hydrogens is 289 g/mol. The smallest absolute Gasteiger partial charge is 0.328 e. The van der Waals surface area contributed by atoms with Crippen molar-refractivity contribution in [2.75, 3.05) is 12.4 Å². The number of methoxy groups -OCH3 is 1. The van der Waals surface area contributed by atoms with Crippen molar-refractivity contribution in [2.45, 2.75) is 18.9 Å². The second-order valence-electron chi connectivity index (χ2n) is 4.11. The first-order valence-electron chi connectivity index (χ1n) is 5.41. The molecule has 1 aliphatic rings. The van der Waals surface area contributed by atoms with E-state index in [9.17, 15) is 9.18 Å². The molecule has 1 saturated carbocycles. The van der Waals surface area contributed by atoms with Crippen molar-refractivity contribution in [1.82, 2.24) is 0 Å². The number of hydrogen-bond acceptors (Lipinski definition) is 3. The minimum Gasteiger partial charge on any atom is -0.467 e. The Hall–Kier alpha value is -1.10. The highest BCUT2D eigenvalue weighted by Crippen LogP contribution is 2.35. The Labute approximate surface area is 107 Å². The summed E-state index contributed by atoms with van der Waals surface area (Å²) in [5, 5.41) is 3.02. The van der Waals surface area contributed by atoms with Crippen molar-refractivity contribution < 1.29 is 13.9 Å².